The second-order valence-electron chi connectivity index (χ2n) is 4.17. The minimum atomic E-state index is -1.02. The van der Waals surface area contributed by atoms with E-state index < -0.39 is 5.97 Å². The first kappa shape index (κ1) is 12.1. The van der Waals surface area contributed by atoms with Crippen LogP contribution in [0.1, 0.15) is 12.0 Å². The minimum absolute atomic E-state index is 0.0134. The Hall–Kier alpha value is -1.32. The number of benzene rings is 1. The summed E-state index contributed by atoms with van der Waals surface area (Å²) in [5.74, 6) is -1.02. The molecule has 0 aromatic heterocycles. The lowest BCUT2D eigenvalue weighted by molar-refractivity contribution is -0.131. The molecule has 1 aromatic carbocycles. The highest BCUT2D eigenvalue weighted by molar-refractivity contribution is 6.41. The molecule has 1 N–H and O–H groups in total. The van der Waals surface area contributed by atoms with E-state index in [1.165, 1.54) is 5.56 Å². The summed E-state index contributed by atoms with van der Waals surface area (Å²) < 4.78 is 0. The number of hydrogen-bond acceptors (Lipinski definition) is 2. The molecule has 0 bridgehead atoms. The molecule has 4 heteroatoms. The first-order valence-corrected chi connectivity index (χ1v) is 5.91. The predicted octanol–water partition coefficient (Wildman–Crippen LogP) is 2.47. The van der Waals surface area contributed by atoms with E-state index in [0.717, 1.165) is 25.1 Å². The van der Waals surface area contributed by atoms with Gasteiger partial charge in [-0.1, -0.05) is 41.9 Å². The molecule has 0 atom stereocenters. The molecule has 3 nitrogen and oxygen atoms in total. The molecule has 0 aliphatic carbocycles. The summed E-state index contributed by atoms with van der Waals surface area (Å²) in [6, 6.07) is 10.1. The maximum atomic E-state index is 10.7. The van der Waals surface area contributed by atoms with Gasteiger partial charge in [-0.3, -0.25) is 4.90 Å². The Morgan fingerprint density at radius 1 is 1.35 bits per heavy atom. The molecule has 0 spiro atoms. The molecule has 0 unspecified atom stereocenters. The Balaban J connectivity index is 2.00. The first-order valence-electron chi connectivity index (χ1n) is 5.54. The van der Waals surface area contributed by atoms with Crippen molar-refractivity contribution in [2.45, 2.75) is 13.0 Å². The largest absolute Gasteiger partial charge is 0.477 e. The average Bonchev–Trinajstić information content (AvgIpc) is 2.77. The predicted molar refractivity (Wildman–Crippen MR) is 66.9 cm³/mol. The lowest BCUT2D eigenvalue weighted by Gasteiger charge is -2.14. The third kappa shape index (κ3) is 3.08. The van der Waals surface area contributed by atoms with E-state index in [9.17, 15) is 4.79 Å². The van der Waals surface area contributed by atoms with Crippen LogP contribution in [0.5, 0.6) is 0 Å². The zero-order valence-electron chi connectivity index (χ0n) is 9.40. The normalized spacial score (nSPS) is 19.4. The number of nitrogens with zero attached hydrogens (tertiary/aromatic N) is 1. The third-order valence-corrected chi connectivity index (χ3v) is 3.32. The Bertz CT molecular complexity index is 442. The van der Waals surface area contributed by atoms with Crippen LogP contribution in [0.3, 0.4) is 0 Å². The second-order valence-corrected chi connectivity index (χ2v) is 4.55. The molecule has 1 saturated heterocycles. The standard InChI is InChI=1S/C13H14ClNO2/c14-12(13(16)17)11-6-7-15(9-11)8-10-4-2-1-3-5-10/h1-5H,6-9H2,(H,16,17). The van der Waals surface area contributed by atoms with Crippen LogP contribution < -0.4 is 0 Å². The van der Waals surface area contributed by atoms with Gasteiger partial charge in [0.15, 0.2) is 0 Å². The zero-order chi connectivity index (χ0) is 12.3. The Labute approximate surface area is 105 Å². The van der Waals surface area contributed by atoms with E-state index in [1.807, 2.05) is 18.2 Å². The quantitative estimate of drug-likeness (QED) is 0.839. The van der Waals surface area contributed by atoms with E-state index in [2.05, 4.69) is 17.0 Å². The molecule has 0 radical (unpaired) electrons. The number of carboxylic acids is 1. The van der Waals surface area contributed by atoms with Gasteiger partial charge in [0.2, 0.25) is 0 Å². The lowest BCUT2D eigenvalue weighted by Crippen LogP contribution is -2.18. The summed E-state index contributed by atoms with van der Waals surface area (Å²) in [5.41, 5.74) is 2.07. The van der Waals surface area contributed by atoms with Gasteiger partial charge in [-0.2, -0.15) is 0 Å². The van der Waals surface area contributed by atoms with E-state index in [0.29, 0.717) is 6.54 Å². The molecule has 2 rings (SSSR count). The number of carboxylic acid groups (broad SMARTS) is 1. The third-order valence-electron chi connectivity index (χ3n) is 2.89. The van der Waals surface area contributed by atoms with Gasteiger partial charge in [-0.25, -0.2) is 4.79 Å². The summed E-state index contributed by atoms with van der Waals surface area (Å²) in [4.78, 5) is 12.9. The van der Waals surface area contributed by atoms with Crippen LogP contribution in [-0.4, -0.2) is 29.1 Å². The number of halogens is 1. The van der Waals surface area contributed by atoms with Crippen LogP contribution in [0.2, 0.25) is 0 Å². The van der Waals surface area contributed by atoms with Crippen molar-refractivity contribution in [3.63, 3.8) is 0 Å². The maximum absolute atomic E-state index is 10.7. The molecule has 0 saturated carbocycles. The highest BCUT2D eigenvalue weighted by Gasteiger charge is 2.21. The molecule has 1 aliphatic rings. The van der Waals surface area contributed by atoms with Gasteiger partial charge in [0.25, 0.3) is 0 Å². The molecular weight excluding hydrogens is 238 g/mol. The zero-order valence-corrected chi connectivity index (χ0v) is 10.2. The minimum Gasteiger partial charge on any atom is -0.477 e. The molecule has 1 fully saturated rings. The molecular formula is C13H14ClNO2. The van der Waals surface area contributed by atoms with Crippen LogP contribution in [0.4, 0.5) is 0 Å². The van der Waals surface area contributed by atoms with Gasteiger partial charge in [-0.05, 0) is 17.6 Å². The van der Waals surface area contributed by atoms with Gasteiger partial charge in [0, 0.05) is 19.6 Å². The molecule has 1 aliphatic heterocycles. The highest BCUT2D eigenvalue weighted by Crippen LogP contribution is 2.23. The summed E-state index contributed by atoms with van der Waals surface area (Å²) in [7, 11) is 0. The van der Waals surface area contributed by atoms with E-state index in [-0.39, 0.29) is 5.03 Å². The van der Waals surface area contributed by atoms with Crippen molar-refractivity contribution >= 4 is 17.6 Å². The Morgan fingerprint density at radius 2 is 2.06 bits per heavy atom. The molecule has 90 valence electrons. The Morgan fingerprint density at radius 3 is 2.71 bits per heavy atom. The highest BCUT2D eigenvalue weighted by atomic mass is 35.5. The topological polar surface area (TPSA) is 40.5 Å². The number of rotatable bonds is 3. The van der Waals surface area contributed by atoms with Crippen LogP contribution in [0.15, 0.2) is 40.9 Å². The van der Waals surface area contributed by atoms with Crippen molar-refractivity contribution in [3.8, 4) is 0 Å². The van der Waals surface area contributed by atoms with Crippen LogP contribution in [-0.2, 0) is 11.3 Å². The molecule has 1 heterocycles. The van der Waals surface area contributed by atoms with Crippen molar-refractivity contribution in [2.24, 2.45) is 0 Å². The number of hydrogen-bond donors (Lipinski definition) is 1. The summed E-state index contributed by atoms with van der Waals surface area (Å²) in [6.07, 6.45) is 0.748. The van der Waals surface area contributed by atoms with Crippen molar-refractivity contribution in [2.75, 3.05) is 13.1 Å². The van der Waals surface area contributed by atoms with Crippen LogP contribution in [0, 0.1) is 0 Å². The summed E-state index contributed by atoms with van der Waals surface area (Å²) in [5, 5.41) is 8.80. The SMILES string of the molecule is O=C(O)C(Cl)=C1CCN(Cc2ccccc2)C1. The molecule has 0 amide bonds. The number of carbonyl (C=O) groups is 1. The Kier molecular flexibility index (Phi) is 3.82. The maximum Gasteiger partial charge on any atom is 0.347 e. The average molecular weight is 252 g/mol. The fourth-order valence-electron chi connectivity index (χ4n) is 2.03. The summed E-state index contributed by atoms with van der Waals surface area (Å²) >= 11 is 5.74. The van der Waals surface area contributed by atoms with Crippen molar-refractivity contribution < 1.29 is 9.90 Å². The number of likely N-dealkylation sites (tertiary alicyclic amines) is 1. The van der Waals surface area contributed by atoms with Gasteiger partial charge < -0.3 is 5.11 Å². The first-order chi connectivity index (χ1) is 8.16. The van der Waals surface area contributed by atoms with E-state index in [1.54, 1.807) is 0 Å². The monoisotopic (exact) mass is 251 g/mol. The van der Waals surface area contributed by atoms with Gasteiger partial charge in [0.1, 0.15) is 5.03 Å². The smallest absolute Gasteiger partial charge is 0.347 e. The number of aliphatic carboxylic acids is 1. The van der Waals surface area contributed by atoms with Crippen LogP contribution >= 0.6 is 11.6 Å². The van der Waals surface area contributed by atoms with Crippen molar-refractivity contribution in [1.82, 2.24) is 4.90 Å². The lowest BCUT2D eigenvalue weighted by atomic mass is 10.2. The van der Waals surface area contributed by atoms with Gasteiger partial charge >= 0.3 is 5.97 Å². The molecule has 1 aromatic rings. The molecule has 17 heavy (non-hydrogen) atoms. The van der Waals surface area contributed by atoms with Crippen molar-refractivity contribution in [3.05, 3.63) is 46.5 Å². The van der Waals surface area contributed by atoms with E-state index >= 15 is 0 Å². The van der Waals surface area contributed by atoms with Gasteiger partial charge in [-0.15, -0.1) is 0 Å². The summed E-state index contributed by atoms with van der Waals surface area (Å²) in [6.45, 7) is 2.36. The second kappa shape index (κ2) is 5.34. The fraction of sp³-hybridized carbons (Fsp3) is 0.308. The van der Waals surface area contributed by atoms with Crippen LogP contribution in [0.25, 0.3) is 0 Å². The van der Waals surface area contributed by atoms with Gasteiger partial charge in [0.05, 0.1) is 0 Å². The fourth-order valence-corrected chi connectivity index (χ4v) is 2.18. The van der Waals surface area contributed by atoms with Crippen molar-refractivity contribution in [1.29, 1.82) is 0 Å². The van der Waals surface area contributed by atoms with E-state index in [4.69, 9.17) is 16.7 Å².